The number of aromatic nitrogens is 1. The molecule has 0 aliphatic heterocycles. The summed E-state index contributed by atoms with van der Waals surface area (Å²) in [4.78, 5) is 11.5. The Bertz CT molecular complexity index is 844. The maximum atomic E-state index is 11.5. The molecule has 23 heavy (non-hydrogen) atoms. The van der Waals surface area contributed by atoms with Crippen molar-refractivity contribution in [1.82, 2.24) is 9.88 Å². The van der Waals surface area contributed by atoms with Crippen molar-refractivity contribution in [3.8, 4) is 0 Å². The summed E-state index contributed by atoms with van der Waals surface area (Å²) in [7, 11) is 0. The third-order valence-corrected chi connectivity index (χ3v) is 3.99. The molecule has 1 aromatic heterocycles. The summed E-state index contributed by atoms with van der Waals surface area (Å²) in [5.41, 5.74) is 4.76. The van der Waals surface area contributed by atoms with Crippen LogP contribution in [0.15, 0.2) is 67.3 Å². The van der Waals surface area contributed by atoms with Crippen LogP contribution < -0.4 is 5.32 Å². The molecule has 0 saturated carbocycles. The van der Waals surface area contributed by atoms with Gasteiger partial charge in [-0.25, -0.2) is 0 Å². The van der Waals surface area contributed by atoms with Crippen molar-refractivity contribution in [2.45, 2.75) is 20.0 Å². The lowest BCUT2D eigenvalue weighted by Crippen LogP contribution is -2.22. The summed E-state index contributed by atoms with van der Waals surface area (Å²) >= 11 is 0. The molecule has 116 valence electrons. The van der Waals surface area contributed by atoms with Gasteiger partial charge in [0.2, 0.25) is 5.91 Å². The van der Waals surface area contributed by atoms with Crippen molar-refractivity contribution in [3.63, 3.8) is 0 Å². The first kappa shape index (κ1) is 15.1. The van der Waals surface area contributed by atoms with Crippen molar-refractivity contribution in [2.24, 2.45) is 0 Å². The minimum absolute atomic E-state index is 0.155. The molecule has 0 fully saturated rings. The van der Waals surface area contributed by atoms with Gasteiger partial charge in [0, 0.05) is 17.8 Å². The maximum absolute atomic E-state index is 11.5. The van der Waals surface area contributed by atoms with E-state index < -0.39 is 0 Å². The number of rotatable bonds is 5. The molecule has 0 aliphatic rings. The summed E-state index contributed by atoms with van der Waals surface area (Å²) in [6.45, 7) is 6.86. The van der Waals surface area contributed by atoms with Crippen LogP contribution in [0.2, 0.25) is 0 Å². The maximum Gasteiger partial charge on any atom is 0.243 e. The van der Waals surface area contributed by atoms with Crippen LogP contribution in [0.5, 0.6) is 0 Å². The lowest BCUT2D eigenvalue weighted by Gasteiger charge is -2.12. The Morgan fingerprint density at radius 3 is 2.65 bits per heavy atom. The number of fused-ring (bicyclic) bond motifs is 1. The van der Waals surface area contributed by atoms with Gasteiger partial charge in [-0.3, -0.25) is 4.79 Å². The Labute approximate surface area is 136 Å². The molecule has 2 aromatic carbocycles. The third kappa shape index (κ3) is 3.34. The van der Waals surface area contributed by atoms with E-state index in [0.29, 0.717) is 6.54 Å². The molecule has 1 amide bonds. The average molecular weight is 304 g/mol. The molecule has 0 radical (unpaired) electrons. The van der Waals surface area contributed by atoms with E-state index in [2.05, 4.69) is 65.9 Å². The summed E-state index contributed by atoms with van der Waals surface area (Å²) in [6, 6.07) is 19.0. The highest BCUT2D eigenvalue weighted by Gasteiger charge is 2.09. The van der Waals surface area contributed by atoms with Crippen LogP contribution in [0, 0.1) is 6.92 Å². The van der Waals surface area contributed by atoms with E-state index in [0.717, 1.165) is 12.2 Å². The molecule has 3 rings (SSSR count). The molecule has 0 atom stereocenters. The predicted octanol–water partition coefficient (Wildman–Crippen LogP) is 3.80. The average Bonchev–Trinajstić information content (AvgIpc) is 2.92. The Balaban J connectivity index is 1.96. The van der Waals surface area contributed by atoms with Crippen molar-refractivity contribution in [2.75, 3.05) is 0 Å². The van der Waals surface area contributed by atoms with E-state index in [-0.39, 0.29) is 5.91 Å². The second-order valence-corrected chi connectivity index (χ2v) is 5.69. The third-order valence-electron chi connectivity index (χ3n) is 3.99. The van der Waals surface area contributed by atoms with Crippen LogP contribution >= 0.6 is 0 Å². The zero-order valence-electron chi connectivity index (χ0n) is 13.3. The summed E-state index contributed by atoms with van der Waals surface area (Å²) in [6.07, 6.45) is 1.30. The van der Waals surface area contributed by atoms with E-state index in [1.807, 2.05) is 12.1 Å². The van der Waals surface area contributed by atoms with Gasteiger partial charge >= 0.3 is 0 Å². The van der Waals surface area contributed by atoms with Gasteiger partial charge in [-0.2, -0.15) is 0 Å². The molecule has 0 saturated heterocycles. The van der Waals surface area contributed by atoms with Gasteiger partial charge in [-0.1, -0.05) is 54.6 Å². The Hall–Kier alpha value is -2.81. The predicted molar refractivity (Wildman–Crippen MR) is 94.3 cm³/mol. The standard InChI is InChI=1S/C20H20N2O/c1-3-20(23)21-13-18-12-17-6-4-5-7-19(17)22(18)14-16-10-8-15(2)9-11-16/h3-12H,1,13-14H2,2H3,(H,21,23). The first-order valence-corrected chi connectivity index (χ1v) is 7.70. The number of carbonyl (C=O) groups excluding carboxylic acids is 1. The number of carbonyl (C=O) groups is 1. The number of hydrogen-bond donors (Lipinski definition) is 1. The molecule has 0 aliphatic carbocycles. The molecule has 3 aromatic rings. The topological polar surface area (TPSA) is 34.0 Å². The first-order chi connectivity index (χ1) is 11.2. The zero-order valence-corrected chi connectivity index (χ0v) is 13.3. The molecule has 3 heteroatoms. The highest BCUT2D eigenvalue weighted by molar-refractivity contribution is 5.87. The summed E-state index contributed by atoms with van der Waals surface area (Å²) in [5, 5.41) is 4.05. The number of nitrogens with one attached hydrogen (secondary N) is 1. The highest BCUT2D eigenvalue weighted by atomic mass is 16.1. The monoisotopic (exact) mass is 304 g/mol. The zero-order chi connectivity index (χ0) is 16.2. The van der Waals surface area contributed by atoms with Crippen molar-refractivity contribution in [1.29, 1.82) is 0 Å². The second-order valence-electron chi connectivity index (χ2n) is 5.69. The largest absolute Gasteiger partial charge is 0.347 e. The highest BCUT2D eigenvalue weighted by Crippen LogP contribution is 2.21. The number of aryl methyl sites for hydroxylation is 1. The van der Waals surface area contributed by atoms with Crippen LogP contribution in [0.1, 0.15) is 16.8 Å². The van der Waals surface area contributed by atoms with Gasteiger partial charge in [0.15, 0.2) is 0 Å². The number of amides is 1. The fourth-order valence-electron chi connectivity index (χ4n) is 2.73. The van der Waals surface area contributed by atoms with E-state index in [9.17, 15) is 4.79 Å². The number of nitrogens with zero attached hydrogens (tertiary/aromatic N) is 1. The van der Waals surface area contributed by atoms with Crippen LogP contribution in [0.3, 0.4) is 0 Å². The van der Waals surface area contributed by atoms with Crippen molar-refractivity contribution < 1.29 is 4.79 Å². The van der Waals surface area contributed by atoms with E-state index in [1.165, 1.54) is 28.1 Å². The lowest BCUT2D eigenvalue weighted by atomic mass is 10.1. The Kier molecular flexibility index (Phi) is 4.29. The Morgan fingerprint density at radius 2 is 1.91 bits per heavy atom. The molecule has 1 N–H and O–H groups in total. The first-order valence-electron chi connectivity index (χ1n) is 7.70. The van der Waals surface area contributed by atoms with E-state index >= 15 is 0 Å². The molecule has 3 nitrogen and oxygen atoms in total. The molecule has 0 unspecified atom stereocenters. The molecular formula is C20H20N2O. The minimum atomic E-state index is -0.155. The number of hydrogen-bond acceptors (Lipinski definition) is 1. The Morgan fingerprint density at radius 1 is 1.17 bits per heavy atom. The van der Waals surface area contributed by atoms with Gasteiger partial charge in [-0.05, 0) is 36.1 Å². The van der Waals surface area contributed by atoms with Crippen LogP contribution in [-0.2, 0) is 17.9 Å². The normalized spacial score (nSPS) is 10.7. The summed E-state index contributed by atoms with van der Waals surface area (Å²) < 4.78 is 2.25. The minimum Gasteiger partial charge on any atom is -0.347 e. The van der Waals surface area contributed by atoms with Crippen molar-refractivity contribution >= 4 is 16.8 Å². The molecule has 0 bridgehead atoms. The lowest BCUT2D eigenvalue weighted by molar-refractivity contribution is -0.116. The van der Waals surface area contributed by atoms with Gasteiger partial charge in [0.1, 0.15) is 0 Å². The van der Waals surface area contributed by atoms with E-state index in [4.69, 9.17) is 0 Å². The number of para-hydroxylation sites is 1. The van der Waals surface area contributed by atoms with Crippen LogP contribution in [-0.4, -0.2) is 10.5 Å². The van der Waals surface area contributed by atoms with Crippen molar-refractivity contribution in [3.05, 3.63) is 84.1 Å². The van der Waals surface area contributed by atoms with Crippen LogP contribution in [0.25, 0.3) is 10.9 Å². The molecule has 0 spiro atoms. The van der Waals surface area contributed by atoms with Gasteiger partial charge < -0.3 is 9.88 Å². The SMILES string of the molecule is C=CC(=O)NCc1cc2ccccc2n1Cc1ccc(C)cc1. The fraction of sp³-hybridized carbons (Fsp3) is 0.150. The molecule has 1 heterocycles. The smallest absolute Gasteiger partial charge is 0.243 e. The second kappa shape index (κ2) is 6.53. The molecular weight excluding hydrogens is 284 g/mol. The number of benzene rings is 2. The van der Waals surface area contributed by atoms with E-state index in [1.54, 1.807) is 0 Å². The quantitative estimate of drug-likeness (QED) is 0.715. The van der Waals surface area contributed by atoms with Gasteiger partial charge in [-0.15, -0.1) is 0 Å². The van der Waals surface area contributed by atoms with Crippen LogP contribution in [0.4, 0.5) is 0 Å². The van der Waals surface area contributed by atoms with Gasteiger partial charge in [0.05, 0.1) is 6.54 Å². The fourth-order valence-corrected chi connectivity index (χ4v) is 2.73. The van der Waals surface area contributed by atoms with Gasteiger partial charge in [0.25, 0.3) is 0 Å². The summed E-state index contributed by atoms with van der Waals surface area (Å²) in [5.74, 6) is -0.155.